The molecule has 0 amide bonds. The highest BCUT2D eigenvalue weighted by atomic mass is 16.5. The van der Waals surface area contributed by atoms with E-state index in [4.69, 9.17) is 4.74 Å². The lowest BCUT2D eigenvalue weighted by Gasteiger charge is -2.12. The fourth-order valence-electron chi connectivity index (χ4n) is 2.59. The molecular weight excluding hydrogens is 244 g/mol. The second-order valence-electron chi connectivity index (χ2n) is 5.71. The van der Waals surface area contributed by atoms with E-state index in [1.807, 2.05) is 0 Å². The second-order valence-corrected chi connectivity index (χ2v) is 5.71. The molecule has 1 heteroatoms. The Hall–Kier alpha value is -0.820. The molecule has 0 aliphatic rings. The van der Waals surface area contributed by atoms with Gasteiger partial charge in [-0.1, -0.05) is 57.9 Å². The van der Waals surface area contributed by atoms with Crippen molar-refractivity contribution in [2.45, 2.75) is 65.7 Å². The first-order valence-corrected chi connectivity index (χ1v) is 8.45. The summed E-state index contributed by atoms with van der Waals surface area (Å²) in [6, 6.07) is 8.98. The molecule has 0 atom stereocenters. The predicted molar refractivity (Wildman–Crippen MR) is 88.3 cm³/mol. The summed E-state index contributed by atoms with van der Waals surface area (Å²) in [7, 11) is 0. The Kier molecular flexibility index (Phi) is 9.40. The third-order valence-corrected chi connectivity index (χ3v) is 4.23. The summed E-state index contributed by atoms with van der Waals surface area (Å²) in [5.41, 5.74) is 2.92. The van der Waals surface area contributed by atoms with Gasteiger partial charge in [-0.15, -0.1) is 0 Å². The molecule has 0 bridgehead atoms. The molecule has 1 aromatic rings. The predicted octanol–water partition coefficient (Wildman–Crippen LogP) is 5.41. The summed E-state index contributed by atoms with van der Waals surface area (Å²) in [5.74, 6) is 0.854. The molecule has 1 aromatic carbocycles. The Balaban J connectivity index is 2.04. The topological polar surface area (TPSA) is 9.23 Å². The molecule has 1 nitrogen and oxygen atoms in total. The third-order valence-electron chi connectivity index (χ3n) is 4.23. The van der Waals surface area contributed by atoms with Gasteiger partial charge in [-0.3, -0.25) is 0 Å². The summed E-state index contributed by atoms with van der Waals surface area (Å²) < 4.78 is 5.75. The first-order chi connectivity index (χ1) is 9.80. The van der Waals surface area contributed by atoms with Crippen LogP contribution in [0.25, 0.3) is 0 Å². The molecule has 114 valence electrons. The van der Waals surface area contributed by atoms with Crippen molar-refractivity contribution in [2.24, 2.45) is 5.92 Å². The Morgan fingerprint density at radius 3 is 2.40 bits per heavy atom. The lowest BCUT2D eigenvalue weighted by atomic mass is 10.0. The minimum atomic E-state index is 0.854. The van der Waals surface area contributed by atoms with E-state index in [0.717, 1.165) is 25.6 Å². The van der Waals surface area contributed by atoms with Crippen LogP contribution >= 0.6 is 0 Å². The van der Waals surface area contributed by atoms with Gasteiger partial charge < -0.3 is 4.74 Å². The van der Waals surface area contributed by atoms with Crippen molar-refractivity contribution >= 4 is 0 Å². The standard InChI is InChI=1S/C19H32O/c1-4-17(5-2)13-15-20-14-8-7-10-19-12-9-11-18(6-3)16-19/h9,11-12,16-17H,4-8,10,13-15H2,1-3H3. The first kappa shape index (κ1) is 17.2. The van der Waals surface area contributed by atoms with Crippen LogP contribution in [-0.2, 0) is 17.6 Å². The fourth-order valence-corrected chi connectivity index (χ4v) is 2.59. The van der Waals surface area contributed by atoms with E-state index in [2.05, 4.69) is 45.0 Å². The van der Waals surface area contributed by atoms with E-state index in [1.165, 1.54) is 49.7 Å². The number of unbranched alkanes of at least 4 members (excludes halogenated alkanes) is 1. The Bertz CT molecular complexity index is 341. The first-order valence-electron chi connectivity index (χ1n) is 8.45. The van der Waals surface area contributed by atoms with Crippen molar-refractivity contribution in [1.29, 1.82) is 0 Å². The van der Waals surface area contributed by atoms with Gasteiger partial charge in [0, 0.05) is 13.2 Å². The maximum atomic E-state index is 5.75. The van der Waals surface area contributed by atoms with Gasteiger partial charge in [0.15, 0.2) is 0 Å². The molecule has 0 N–H and O–H groups in total. The largest absolute Gasteiger partial charge is 0.381 e. The van der Waals surface area contributed by atoms with Crippen LogP contribution < -0.4 is 0 Å². The van der Waals surface area contributed by atoms with Crippen LogP contribution in [0.3, 0.4) is 0 Å². The molecule has 0 aliphatic heterocycles. The Morgan fingerprint density at radius 2 is 1.70 bits per heavy atom. The van der Waals surface area contributed by atoms with Gasteiger partial charge in [0.05, 0.1) is 0 Å². The van der Waals surface area contributed by atoms with Crippen LogP contribution in [0.4, 0.5) is 0 Å². The monoisotopic (exact) mass is 276 g/mol. The lowest BCUT2D eigenvalue weighted by molar-refractivity contribution is 0.115. The molecule has 0 radical (unpaired) electrons. The number of aryl methyl sites for hydroxylation is 2. The minimum Gasteiger partial charge on any atom is -0.381 e. The van der Waals surface area contributed by atoms with Gasteiger partial charge in [-0.25, -0.2) is 0 Å². The van der Waals surface area contributed by atoms with Gasteiger partial charge in [0.25, 0.3) is 0 Å². The van der Waals surface area contributed by atoms with Gasteiger partial charge in [0.2, 0.25) is 0 Å². The molecule has 0 heterocycles. The van der Waals surface area contributed by atoms with Crippen molar-refractivity contribution in [3.05, 3.63) is 35.4 Å². The zero-order valence-corrected chi connectivity index (χ0v) is 13.7. The van der Waals surface area contributed by atoms with Crippen molar-refractivity contribution in [2.75, 3.05) is 13.2 Å². The van der Waals surface area contributed by atoms with E-state index in [9.17, 15) is 0 Å². The molecule has 0 unspecified atom stereocenters. The molecule has 0 fully saturated rings. The summed E-state index contributed by atoms with van der Waals surface area (Å²) in [5, 5.41) is 0. The molecule has 0 aromatic heterocycles. The molecule has 0 saturated heterocycles. The number of hydrogen-bond acceptors (Lipinski definition) is 1. The molecule has 1 rings (SSSR count). The van der Waals surface area contributed by atoms with E-state index in [-0.39, 0.29) is 0 Å². The maximum Gasteiger partial charge on any atom is 0.0468 e. The van der Waals surface area contributed by atoms with Crippen LogP contribution in [0.5, 0.6) is 0 Å². The zero-order chi connectivity index (χ0) is 14.6. The molecular formula is C19H32O. The third kappa shape index (κ3) is 7.09. The summed E-state index contributed by atoms with van der Waals surface area (Å²) in [4.78, 5) is 0. The van der Waals surface area contributed by atoms with Crippen LogP contribution in [0.15, 0.2) is 24.3 Å². The number of ether oxygens (including phenoxy) is 1. The zero-order valence-electron chi connectivity index (χ0n) is 13.7. The second kappa shape index (κ2) is 10.9. The summed E-state index contributed by atoms with van der Waals surface area (Å²) in [6.07, 6.45) is 8.53. The quantitative estimate of drug-likeness (QED) is 0.491. The highest BCUT2D eigenvalue weighted by molar-refractivity contribution is 5.23. The Morgan fingerprint density at radius 1 is 0.950 bits per heavy atom. The lowest BCUT2D eigenvalue weighted by Crippen LogP contribution is -2.04. The fraction of sp³-hybridized carbons (Fsp3) is 0.684. The van der Waals surface area contributed by atoms with E-state index >= 15 is 0 Å². The summed E-state index contributed by atoms with van der Waals surface area (Å²) >= 11 is 0. The summed E-state index contributed by atoms with van der Waals surface area (Å²) in [6.45, 7) is 8.63. The van der Waals surface area contributed by atoms with Crippen molar-refractivity contribution in [3.63, 3.8) is 0 Å². The normalized spacial score (nSPS) is 11.2. The SMILES string of the molecule is CCc1cccc(CCCCOCCC(CC)CC)c1. The average molecular weight is 276 g/mol. The molecule has 0 saturated carbocycles. The Labute approximate surface area is 125 Å². The van der Waals surface area contributed by atoms with Crippen LogP contribution in [0.1, 0.15) is 64.0 Å². The molecule has 20 heavy (non-hydrogen) atoms. The highest BCUT2D eigenvalue weighted by Crippen LogP contribution is 2.12. The molecule has 0 spiro atoms. The average Bonchev–Trinajstić information content (AvgIpc) is 2.50. The number of rotatable bonds is 11. The van der Waals surface area contributed by atoms with E-state index in [0.29, 0.717) is 0 Å². The highest BCUT2D eigenvalue weighted by Gasteiger charge is 2.02. The van der Waals surface area contributed by atoms with Crippen LogP contribution in [0.2, 0.25) is 0 Å². The van der Waals surface area contributed by atoms with Crippen molar-refractivity contribution < 1.29 is 4.74 Å². The van der Waals surface area contributed by atoms with Crippen molar-refractivity contribution in [3.8, 4) is 0 Å². The van der Waals surface area contributed by atoms with Crippen molar-refractivity contribution in [1.82, 2.24) is 0 Å². The number of hydrogen-bond donors (Lipinski definition) is 0. The minimum absolute atomic E-state index is 0.854. The number of benzene rings is 1. The molecule has 0 aliphatic carbocycles. The van der Waals surface area contributed by atoms with Crippen LogP contribution in [0, 0.1) is 5.92 Å². The maximum absolute atomic E-state index is 5.75. The van der Waals surface area contributed by atoms with Gasteiger partial charge in [0.1, 0.15) is 0 Å². The van der Waals surface area contributed by atoms with Crippen LogP contribution in [-0.4, -0.2) is 13.2 Å². The van der Waals surface area contributed by atoms with E-state index < -0.39 is 0 Å². The van der Waals surface area contributed by atoms with Gasteiger partial charge >= 0.3 is 0 Å². The van der Waals surface area contributed by atoms with E-state index in [1.54, 1.807) is 0 Å². The van der Waals surface area contributed by atoms with Gasteiger partial charge in [-0.05, 0) is 49.1 Å². The van der Waals surface area contributed by atoms with Gasteiger partial charge in [-0.2, -0.15) is 0 Å². The smallest absolute Gasteiger partial charge is 0.0468 e.